The molecule has 188 valence electrons. The van der Waals surface area contributed by atoms with Crippen molar-refractivity contribution in [2.45, 2.75) is 25.7 Å². The van der Waals surface area contributed by atoms with Gasteiger partial charge in [0.05, 0.1) is 16.8 Å². The second-order valence-electron chi connectivity index (χ2n) is 9.17. The van der Waals surface area contributed by atoms with Crippen molar-refractivity contribution in [1.29, 1.82) is 5.41 Å². The second kappa shape index (κ2) is 11.9. The lowest BCUT2D eigenvalue weighted by molar-refractivity contribution is -0.115. The molecule has 0 aliphatic heterocycles. The van der Waals surface area contributed by atoms with Crippen LogP contribution in [0.3, 0.4) is 0 Å². The summed E-state index contributed by atoms with van der Waals surface area (Å²) < 4.78 is 0. The van der Waals surface area contributed by atoms with Crippen LogP contribution in [0, 0.1) is 5.41 Å². The van der Waals surface area contributed by atoms with Gasteiger partial charge in [0.1, 0.15) is 17.0 Å². The van der Waals surface area contributed by atoms with Gasteiger partial charge in [-0.1, -0.05) is 0 Å². The summed E-state index contributed by atoms with van der Waals surface area (Å²) in [5, 5.41) is 12.4. The molecule has 0 radical (unpaired) electrons. The number of carbonyl (C=O) groups excluding carboxylic acids is 1. The minimum absolute atomic E-state index is 0.600. The van der Waals surface area contributed by atoms with Gasteiger partial charge in [0.15, 0.2) is 0 Å². The molecule has 0 atom stereocenters. The molecule has 2 heterocycles. The monoisotopic (exact) mass is 496 g/mol. The van der Waals surface area contributed by atoms with Crippen molar-refractivity contribution in [3.63, 3.8) is 0 Å². The Labute approximate surface area is 211 Å². The highest BCUT2D eigenvalue weighted by atomic mass is 32.1. The summed E-state index contributed by atoms with van der Waals surface area (Å²) in [4.78, 5) is 26.9. The van der Waals surface area contributed by atoms with E-state index in [1.807, 2.05) is 12.1 Å². The largest absolute Gasteiger partial charge is 0.398 e. The van der Waals surface area contributed by atoms with Crippen LogP contribution in [0.1, 0.15) is 28.8 Å². The lowest BCUT2D eigenvalue weighted by Gasteiger charge is -2.25. The van der Waals surface area contributed by atoms with Gasteiger partial charge in [-0.05, 0) is 57.5 Å². The van der Waals surface area contributed by atoms with Gasteiger partial charge in [-0.15, -0.1) is 11.3 Å². The van der Waals surface area contributed by atoms with Gasteiger partial charge in [0.25, 0.3) is 0 Å². The fourth-order valence-electron chi connectivity index (χ4n) is 3.95. The Bertz CT molecular complexity index is 1170. The molecule has 4 rings (SSSR count). The molecule has 0 saturated heterocycles. The SMILES string of the molecule is CN(C)C=O.CN(C)CCN(C)c1cc(N)c(C=N)cc1Nc1ncnc2sc3c(c12)CCCC3. The van der Waals surface area contributed by atoms with Crippen molar-refractivity contribution >= 4 is 57.1 Å². The zero-order valence-corrected chi connectivity index (χ0v) is 22.1. The van der Waals surface area contributed by atoms with E-state index in [1.54, 1.807) is 31.8 Å². The first kappa shape index (κ1) is 26.4. The first-order valence-electron chi connectivity index (χ1n) is 11.7. The topological polar surface area (TPSA) is 114 Å². The lowest BCUT2D eigenvalue weighted by atomic mass is 9.97. The fraction of sp³-hybridized carbons (Fsp3) is 0.440. The number of aryl methyl sites for hydroxylation is 2. The van der Waals surface area contributed by atoms with Gasteiger partial charge in [-0.2, -0.15) is 0 Å². The number of anilines is 4. The van der Waals surface area contributed by atoms with Gasteiger partial charge in [0.2, 0.25) is 6.41 Å². The maximum absolute atomic E-state index is 9.43. The third-order valence-electron chi connectivity index (χ3n) is 5.87. The van der Waals surface area contributed by atoms with E-state index in [-0.39, 0.29) is 0 Å². The number of hydrogen-bond acceptors (Lipinski definition) is 9. The van der Waals surface area contributed by atoms with Gasteiger partial charge in [0, 0.05) is 56.6 Å². The second-order valence-corrected chi connectivity index (χ2v) is 10.3. The van der Waals surface area contributed by atoms with Gasteiger partial charge < -0.3 is 31.2 Å². The minimum atomic E-state index is 0.600. The molecule has 9 nitrogen and oxygen atoms in total. The predicted octanol–water partition coefficient (Wildman–Crippen LogP) is 3.60. The highest BCUT2D eigenvalue weighted by Gasteiger charge is 2.21. The van der Waals surface area contributed by atoms with Crippen LogP contribution in [-0.2, 0) is 17.6 Å². The maximum atomic E-state index is 9.43. The molecule has 0 fully saturated rings. The van der Waals surface area contributed by atoms with Gasteiger partial charge in [-0.3, -0.25) is 4.79 Å². The van der Waals surface area contributed by atoms with Crippen LogP contribution in [0.15, 0.2) is 18.5 Å². The van der Waals surface area contributed by atoms with Gasteiger partial charge >= 0.3 is 0 Å². The molecule has 0 spiro atoms. The number of aromatic nitrogens is 2. The van der Waals surface area contributed by atoms with E-state index in [0.717, 1.165) is 59.8 Å². The summed E-state index contributed by atoms with van der Waals surface area (Å²) in [5.74, 6) is 0.836. The van der Waals surface area contributed by atoms with Crippen molar-refractivity contribution in [1.82, 2.24) is 19.8 Å². The van der Waals surface area contributed by atoms with Crippen LogP contribution in [-0.4, -0.2) is 80.7 Å². The number of rotatable bonds is 8. The molecule has 2 aromatic heterocycles. The van der Waals surface area contributed by atoms with Crippen molar-refractivity contribution in [2.24, 2.45) is 0 Å². The Morgan fingerprint density at radius 3 is 2.49 bits per heavy atom. The Morgan fingerprint density at radius 2 is 1.83 bits per heavy atom. The Balaban J connectivity index is 0.000000623. The fourth-order valence-corrected chi connectivity index (χ4v) is 5.17. The van der Waals surface area contributed by atoms with Crippen LogP contribution in [0.2, 0.25) is 0 Å². The predicted molar refractivity (Wildman–Crippen MR) is 148 cm³/mol. The van der Waals surface area contributed by atoms with E-state index in [9.17, 15) is 4.79 Å². The molecule has 0 unspecified atom stereocenters. The molecule has 1 aliphatic rings. The number of likely N-dealkylation sites (N-methyl/N-ethyl adjacent to an activating group) is 2. The molecular formula is C25H36N8OS. The van der Waals surface area contributed by atoms with Crippen molar-refractivity contribution in [2.75, 3.05) is 64.3 Å². The summed E-state index contributed by atoms with van der Waals surface area (Å²) in [7, 11) is 9.57. The number of hydrogen-bond donors (Lipinski definition) is 3. The molecule has 4 N–H and O–H groups in total. The average molecular weight is 497 g/mol. The number of carbonyl (C=O) groups is 1. The number of nitrogens with one attached hydrogen (secondary N) is 2. The first-order valence-corrected chi connectivity index (χ1v) is 12.5. The average Bonchev–Trinajstić information content (AvgIpc) is 3.23. The molecule has 1 aromatic carbocycles. The molecular weight excluding hydrogens is 460 g/mol. The van der Waals surface area contributed by atoms with Crippen LogP contribution < -0.4 is 16.0 Å². The van der Waals surface area contributed by atoms with Crippen molar-refractivity contribution < 1.29 is 4.79 Å². The molecule has 0 bridgehead atoms. The molecule has 10 heteroatoms. The number of amides is 1. The molecule has 35 heavy (non-hydrogen) atoms. The van der Waals surface area contributed by atoms with Crippen LogP contribution in [0.5, 0.6) is 0 Å². The van der Waals surface area contributed by atoms with E-state index in [1.165, 1.54) is 34.4 Å². The van der Waals surface area contributed by atoms with E-state index < -0.39 is 0 Å². The van der Waals surface area contributed by atoms with Crippen LogP contribution in [0.4, 0.5) is 22.9 Å². The van der Waals surface area contributed by atoms with Crippen LogP contribution >= 0.6 is 11.3 Å². The molecule has 1 amide bonds. The number of thiophene rings is 1. The number of nitrogens with two attached hydrogens (primary N) is 1. The molecule has 0 saturated carbocycles. The minimum Gasteiger partial charge on any atom is -0.398 e. The summed E-state index contributed by atoms with van der Waals surface area (Å²) in [5.41, 5.74) is 10.8. The number of nitrogens with zero attached hydrogens (tertiary/aromatic N) is 5. The van der Waals surface area contributed by atoms with E-state index in [4.69, 9.17) is 11.1 Å². The summed E-state index contributed by atoms with van der Waals surface area (Å²) >= 11 is 1.79. The normalized spacial score (nSPS) is 12.5. The number of nitrogen functional groups attached to an aromatic ring is 1. The van der Waals surface area contributed by atoms with Crippen molar-refractivity contribution in [3.8, 4) is 0 Å². The lowest BCUT2D eigenvalue weighted by Crippen LogP contribution is -2.29. The van der Waals surface area contributed by atoms with E-state index in [0.29, 0.717) is 11.3 Å². The highest BCUT2D eigenvalue weighted by molar-refractivity contribution is 7.19. The number of fused-ring (bicyclic) bond motifs is 3. The summed E-state index contributed by atoms with van der Waals surface area (Å²) in [6.45, 7) is 1.79. The van der Waals surface area contributed by atoms with E-state index in [2.05, 4.69) is 46.2 Å². The third-order valence-corrected chi connectivity index (χ3v) is 7.07. The summed E-state index contributed by atoms with van der Waals surface area (Å²) in [6, 6.07) is 3.89. The highest BCUT2D eigenvalue weighted by Crippen LogP contribution is 2.40. The van der Waals surface area contributed by atoms with Crippen LogP contribution in [0.25, 0.3) is 10.2 Å². The van der Waals surface area contributed by atoms with Gasteiger partial charge in [-0.25, -0.2) is 9.97 Å². The number of benzene rings is 1. The molecule has 1 aliphatic carbocycles. The maximum Gasteiger partial charge on any atom is 0.209 e. The first-order chi connectivity index (χ1) is 16.7. The third kappa shape index (κ3) is 6.46. The zero-order chi connectivity index (χ0) is 25.5. The smallest absolute Gasteiger partial charge is 0.209 e. The molecule has 3 aromatic rings. The zero-order valence-electron chi connectivity index (χ0n) is 21.3. The summed E-state index contributed by atoms with van der Waals surface area (Å²) in [6.07, 6.45) is 8.36. The van der Waals surface area contributed by atoms with E-state index >= 15 is 0 Å². The van der Waals surface area contributed by atoms with Crippen molar-refractivity contribution in [3.05, 3.63) is 34.5 Å². The Hall–Kier alpha value is -3.24. The quantitative estimate of drug-likeness (QED) is 0.248. The Morgan fingerprint density at radius 1 is 1.11 bits per heavy atom. The Kier molecular flexibility index (Phi) is 9.00. The standard InChI is InChI=1S/C22H29N7S.C3H7NO/c1-28(2)8-9-29(3)18-11-16(24)14(12-23)10-17(18)27-21-20-15-6-4-5-7-19(15)30-22(20)26-13-25-21;1-4(2)3-5/h10-13,23H,4-9,24H2,1-3H3,(H,25,26,27);3H,1-2H3.